The molecule has 0 atom stereocenters. The molecule has 0 aliphatic carbocycles. The fourth-order valence-electron chi connectivity index (χ4n) is 3.63. The predicted molar refractivity (Wildman–Crippen MR) is 104 cm³/mol. The summed E-state index contributed by atoms with van der Waals surface area (Å²) < 4.78 is 2.28. The van der Waals surface area contributed by atoms with Gasteiger partial charge >= 0.3 is 0 Å². The summed E-state index contributed by atoms with van der Waals surface area (Å²) in [5.74, 6) is 0. The van der Waals surface area contributed by atoms with Crippen LogP contribution in [-0.4, -0.2) is 34.1 Å². The van der Waals surface area contributed by atoms with Crippen molar-refractivity contribution in [1.29, 1.82) is 0 Å². The van der Waals surface area contributed by atoms with Gasteiger partial charge in [-0.15, -0.1) is 0 Å². The van der Waals surface area contributed by atoms with Gasteiger partial charge in [0.25, 0.3) is 0 Å². The number of benzene rings is 2. The number of hydrogen-bond acceptors (Lipinski definition) is 2. The number of nitrogens with zero attached hydrogens (tertiary/aromatic N) is 3. The van der Waals surface area contributed by atoms with E-state index in [2.05, 4.69) is 69.1 Å². The van der Waals surface area contributed by atoms with Crippen LogP contribution < -0.4 is 0 Å². The number of fused-ring (bicyclic) bond motifs is 1. The molecule has 4 rings (SSSR count). The van der Waals surface area contributed by atoms with Crippen LogP contribution in [0, 0.1) is 0 Å². The van der Waals surface area contributed by atoms with Gasteiger partial charge in [0.05, 0.1) is 17.4 Å². The number of hydrogen-bond donors (Lipinski definition) is 0. The molecule has 0 amide bonds. The number of aromatic nitrogens is 2. The molecule has 3 aromatic rings. The molecule has 0 fully saturated rings. The highest BCUT2D eigenvalue weighted by atomic mass is 15.1. The summed E-state index contributed by atoms with van der Waals surface area (Å²) in [6.45, 7) is 4.50. The first-order valence-electron chi connectivity index (χ1n) is 9.27. The maximum atomic E-state index is 4.47. The van der Waals surface area contributed by atoms with Crippen LogP contribution in [-0.2, 0) is 6.54 Å². The fourth-order valence-corrected chi connectivity index (χ4v) is 3.63. The molecular formula is C22H25N3. The average molecular weight is 331 g/mol. The first kappa shape index (κ1) is 16.1. The van der Waals surface area contributed by atoms with Crippen molar-refractivity contribution in [2.24, 2.45) is 0 Å². The molecule has 0 spiro atoms. The van der Waals surface area contributed by atoms with Crippen molar-refractivity contribution >= 4 is 16.6 Å². The van der Waals surface area contributed by atoms with Crippen LogP contribution >= 0.6 is 0 Å². The Bertz CT molecular complexity index is 848. The van der Waals surface area contributed by atoms with E-state index in [-0.39, 0.29) is 0 Å². The highest BCUT2D eigenvalue weighted by molar-refractivity contribution is 5.74. The lowest BCUT2D eigenvalue weighted by Gasteiger charge is -2.26. The number of para-hydroxylation sites is 2. The number of aryl methyl sites for hydroxylation is 1. The van der Waals surface area contributed by atoms with E-state index in [0.717, 1.165) is 25.0 Å². The Morgan fingerprint density at radius 2 is 1.68 bits per heavy atom. The molecule has 0 N–H and O–H groups in total. The number of imidazole rings is 1. The Balaban J connectivity index is 1.24. The van der Waals surface area contributed by atoms with E-state index in [1.54, 1.807) is 0 Å². The van der Waals surface area contributed by atoms with E-state index in [1.165, 1.54) is 42.6 Å². The van der Waals surface area contributed by atoms with Gasteiger partial charge in [0.1, 0.15) is 0 Å². The highest BCUT2D eigenvalue weighted by Crippen LogP contribution is 2.22. The van der Waals surface area contributed by atoms with Crippen molar-refractivity contribution in [2.45, 2.75) is 25.8 Å². The lowest BCUT2D eigenvalue weighted by molar-refractivity contribution is 0.293. The molecule has 0 unspecified atom stereocenters. The second-order valence-corrected chi connectivity index (χ2v) is 6.78. The predicted octanol–water partition coefficient (Wildman–Crippen LogP) is 4.61. The van der Waals surface area contributed by atoms with Crippen LogP contribution in [0.5, 0.6) is 0 Å². The average Bonchev–Trinajstić information content (AvgIpc) is 3.10. The summed E-state index contributed by atoms with van der Waals surface area (Å²) in [6, 6.07) is 19.2. The molecular weight excluding hydrogens is 306 g/mol. The summed E-state index contributed by atoms with van der Waals surface area (Å²) in [7, 11) is 0. The minimum atomic E-state index is 1.06. The molecule has 128 valence electrons. The maximum Gasteiger partial charge on any atom is 0.0958 e. The van der Waals surface area contributed by atoms with E-state index in [1.807, 2.05) is 12.4 Å². The molecule has 0 bridgehead atoms. The third-order valence-electron chi connectivity index (χ3n) is 5.09. The van der Waals surface area contributed by atoms with Crippen LogP contribution in [0.3, 0.4) is 0 Å². The minimum Gasteiger partial charge on any atom is -0.331 e. The maximum absolute atomic E-state index is 4.47. The molecule has 1 aliphatic rings. The molecule has 3 nitrogen and oxygen atoms in total. The van der Waals surface area contributed by atoms with Gasteiger partial charge in [0.2, 0.25) is 0 Å². The molecule has 3 heteroatoms. The van der Waals surface area contributed by atoms with Crippen molar-refractivity contribution in [3.8, 4) is 0 Å². The molecule has 2 aromatic carbocycles. The SMILES string of the molecule is C1=C(c2ccccc2)CCN(CCCCn2cnc3ccccc32)C1. The molecule has 1 aromatic heterocycles. The van der Waals surface area contributed by atoms with Gasteiger partial charge in [0.15, 0.2) is 0 Å². The third-order valence-corrected chi connectivity index (χ3v) is 5.09. The zero-order chi connectivity index (χ0) is 16.9. The van der Waals surface area contributed by atoms with Crippen molar-refractivity contribution in [2.75, 3.05) is 19.6 Å². The van der Waals surface area contributed by atoms with Crippen molar-refractivity contribution in [3.63, 3.8) is 0 Å². The van der Waals surface area contributed by atoms with Gasteiger partial charge in [-0.05, 0) is 49.1 Å². The summed E-state index contributed by atoms with van der Waals surface area (Å²) in [6.07, 6.45) is 7.98. The van der Waals surface area contributed by atoms with Crippen molar-refractivity contribution in [3.05, 3.63) is 72.6 Å². The van der Waals surface area contributed by atoms with Gasteiger partial charge in [0, 0.05) is 19.6 Å². The summed E-state index contributed by atoms with van der Waals surface area (Å²) in [5, 5.41) is 0. The molecule has 0 saturated carbocycles. The molecule has 0 saturated heterocycles. The van der Waals surface area contributed by atoms with Gasteiger partial charge in [-0.2, -0.15) is 0 Å². The third kappa shape index (κ3) is 3.83. The smallest absolute Gasteiger partial charge is 0.0958 e. The number of rotatable bonds is 6. The molecule has 0 radical (unpaired) electrons. The van der Waals surface area contributed by atoms with E-state index in [9.17, 15) is 0 Å². The van der Waals surface area contributed by atoms with Crippen molar-refractivity contribution in [1.82, 2.24) is 14.5 Å². The molecule has 25 heavy (non-hydrogen) atoms. The Labute approximate surface area is 149 Å². The van der Waals surface area contributed by atoms with Gasteiger partial charge in [-0.3, -0.25) is 4.90 Å². The van der Waals surface area contributed by atoms with E-state index < -0.39 is 0 Å². The van der Waals surface area contributed by atoms with Crippen LogP contribution in [0.2, 0.25) is 0 Å². The Kier molecular flexibility index (Phi) is 4.93. The largest absolute Gasteiger partial charge is 0.331 e. The Hall–Kier alpha value is -2.39. The van der Waals surface area contributed by atoms with Crippen LogP contribution in [0.4, 0.5) is 0 Å². The molecule has 1 aliphatic heterocycles. The summed E-state index contributed by atoms with van der Waals surface area (Å²) in [5.41, 5.74) is 5.23. The first-order valence-corrected chi connectivity index (χ1v) is 9.27. The quantitative estimate of drug-likeness (QED) is 0.615. The van der Waals surface area contributed by atoms with E-state index in [4.69, 9.17) is 0 Å². The second kappa shape index (κ2) is 7.66. The Morgan fingerprint density at radius 3 is 2.52 bits per heavy atom. The monoisotopic (exact) mass is 331 g/mol. The van der Waals surface area contributed by atoms with E-state index in [0.29, 0.717) is 0 Å². The zero-order valence-corrected chi connectivity index (χ0v) is 14.6. The standard InChI is InChI=1S/C22H25N3/c1-2-8-19(9-3-1)20-12-16-24(17-13-20)14-6-7-15-25-18-23-21-10-4-5-11-22(21)25/h1-5,8-12,18H,6-7,13-17H2. The van der Waals surface area contributed by atoms with Gasteiger partial charge in [-0.1, -0.05) is 48.5 Å². The number of unbranched alkanes of at least 4 members (excludes halogenated alkanes) is 1. The summed E-state index contributed by atoms with van der Waals surface area (Å²) in [4.78, 5) is 7.04. The lowest BCUT2D eigenvalue weighted by atomic mass is 9.99. The Morgan fingerprint density at radius 1 is 0.880 bits per heavy atom. The highest BCUT2D eigenvalue weighted by Gasteiger charge is 2.12. The van der Waals surface area contributed by atoms with Gasteiger partial charge in [-0.25, -0.2) is 4.98 Å². The van der Waals surface area contributed by atoms with Crippen LogP contribution in [0.25, 0.3) is 16.6 Å². The molecule has 2 heterocycles. The zero-order valence-electron chi connectivity index (χ0n) is 14.6. The second-order valence-electron chi connectivity index (χ2n) is 6.78. The first-order chi connectivity index (χ1) is 12.4. The van der Waals surface area contributed by atoms with Crippen molar-refractivity contribution < 1.29 is 0 Å². The minimum absolute atomic E-state index is 1.06. The van der Waals surface area contributed by atoms with E-state index >= 15 is 0 Å². The topological polar surface area (TPSA) is 21.1 Å². The van der Waals surface area contributed by atoms with Gasteiger partial charge < -0.3 is 4.57 Å². The van der Waals surface area contributed by atoms with Crippen LogP contribution in [0.1, 0.15) is 24.8 Å². The normalized spacial score (nSPS) is 15.4. The summed E-state index contributed by atoms with van der Waals surface area (Å²) >= 11 is 0. The fraction of sp³-hybridized carbons (Fsp3) is 0.318. The lowest BCUT2D eigenvalue weighted by Crippen LogP contribution is -2.29. The van der Waals surface area contributed by atoms with Crippen LogP contribution in [0.15, 0.2) is 67.0 Å².